The van der Waals surface area contributed by atoms with Crippen molar-refractivity contribution in [2.24, 2.45) is 5.73 Å². The molecular weight excluding hydrogens is 328 g/mol. The van der Waals surface area contributed by atoms with Crippen LogP contribution >= 0.6 is 0 Å². The molecule has 0 saturated carbocycles. The summed E-state index contributed by atoms with van der Waals surface area (Å²) in [5.74, 6) is 0.254. The number of primary amides is 1. The number of carbonyl (C=O) groups excluding carboxylic acids is 1. The second-order valence-corrected chi connectivity index (χ2v) is 6.74. The summed E-state index contributed by atoms with van der Waals surface area (Å²) < 4.78 is 6.02. The van der Waals surface area contributed by atoms with Crippen LogP contribution in [0.4, 0.5) is 5.69 Å². The van der Waals surface area contributed by atoms with Crippen LogP contribution in [0.3, 0.4) is 0 Å². The predicted molar refractivity (Wildman–Crippen MR) is 102 cm³/mol. The van der Waals surface area contributed by atoms with Gasteiger partial charge in [0.1, 0.15) is 11.3 Å². The van der Waals surface area contributed by atoms with E-state index in [1.54, 1.807) is 12.3 Å². The lowest BCUT2D eigenvalue weighted by atomic mass is 10.0. The molecule has 26 heavy (non-hydrogen) atoms. The Morgan fingerprint density at radius 1 is 1.15 bits per heavy atom. The molecule has 4 rings (SSSR count). The highest BCUT2D eigenvalue weighted by Gasteiger charge is 2.25. The number of aryl methyl sites for hydroxylation is 1. The van der Waals surface area contributed by atoms with Crippen LogP contribution in [0.15, 0.2) is 40.9 Å². The monoisotopic (exact) mass is 350 g/mol. The number of hydrogen-bond acceptors (Lipinski definition) is 5. The highest BCUT2D eigenvalue weighted by Crippen LogP contribution is 2.41. The van der Waals surface area contributed by atoms with Gasteiger partial charge >= 0.3 is 0 Å². The highest BCUT2D eigenvalue weighted by molar-refractivity contribution is 6.12. The largest absolute Gasteiger partial charge is 0.460 e. The molecule has 0 aliphatic carbocycles. The second kappa shape index (κ2) is 6.46. The number of rotatable bonds is 3. The summed E-state index contributed by atoms with van der Waals surface area (Å²) >= 11 is 0. The van der Waals surface area contributed by atoms with Gasteiger partial charge in [-0.15, -0.1) is 0 Å². The minimum atomic E-state index is -0.485. The zero-order valence-corrected chi connectivity index (χ0v) is 15.0. The molecule has 0 bridgehead atoms. The third kappa shape index (κ3) is 2.72. The van der Waals surface area contributed by atoms with Crippen LogP contribution in [0.2, 0.25) is 0 Å². The van der Waals surface area contributed by atoms with Gasteiger partial charge in [0.2, 0.25) is 0 Å². The zero-order valence-electron chi connectivity index (χ0n) is 15.0. The molecule has 1 aliphatic heterocycles. The van der Waals surface area contributed by atoms with E-state index in [4.69, 9.17) is 10.2 Å². The maximum atomic E-state index is 11.9. The Morgan fingerprint density at radius 3 is 2.58 bits per heavy atom. The molecule has 1 aliphatic rings. The molecule has 1 fully saturated rings. The average Bonchev–Trinajstić information content (AvgIpc) is 2.99. The Morgan fingerprint density at radius 2 is 1.92 bits per heavy atom. The van der Waals surface area contributed by atoms with E-state index in [0.29, 0.717) is 11.1 Å². The maximum absolute atomic E-state index is 11.9. The van der Waals surface area contributed by atoms with Gasteiger partial charge in [0.05, 0.1) is 22.2 Å². The molecule has 1 amide bonds. The second-order valence-electron chi connectivity index (χ2n) is 6.74. The lowest BCUT2D eigenvalue weighted by Gasteiger charge is -2.34. The summed E-state index contributed by atoms with van der Waals surface area (Å²) in [4.78, 5) is 21.1. The van der Waals surface area contributed by atoms with E-state index in [1.165, 1.54) is 0 Å². The molecule has 1 saturated heterocycles. The lowest BCUT2D eigenvalue weighted by Crippen LogP contribution is -2.44. The van der Waals surface area contributed by atoms with Gasteiger partial charge in [-0.05, 0) is 38.2 Å². The molecule has 0 atom stereocenters. The third-order valence-electron chi connectivity index (χ3n) is 5.02. The quantitative estimate of drug-likeness (QED) is 0.786. The Bertz CT molecular complexity index is 957. The number of anilines is 1. The zero-order chi connectivity index (χ0) is 18.3. The first kappa shape index (κ1) is 16.6. The van der Waals surface area contributed by atoms with Crippen LogP contribution in [-0.4, -0.2) is 49.0 Å². The number of furan rings is 1. The van der Waals surface area contributed by atoms with Crippen LogP contribution in [0.1, 0.15) is 16.1 Å². The Balaban J connectivity index is 1.97. The van der Waals surface area contributed by atoms with Gasteiger partial charge in [-0.2, -0.15) is 0 Å². The number of fused-ring (bicyclic) bond motifs is 1. The molecule has 0 unspecified atom stereocenters. The number of amides is 1. The minimum absolute atomic E-state index is 0.406. The van der Waals surface area contributed by atoms with Crippen molar-refractivity contribution in [3.05, 3.63) is 47.9 Å². The molecule has 0 spiro atoms. The van der Waals surface area contributed by atoms with E-state index in [2.05, 4.69) is 21.8 Å². The third-order valence-corrected chi connectivity index (χ3v) is 5.02. The smallest absolute Gasteiger partial charge is 0.252 e. The lowest BCUT2D eigenvalue weighted by molar-refractivity contribution is 0.100. The van der Waals surface area contributed by atoms with Crippen LogP contribution in [0, 0.1) is 6.92 Å². The van der Waals surface area contributed by atoms with Gasteiger partial charge < -0.3 is 20.0 Å². The van der Waals surface area contributed by atoms with E-state index in [0.717, 1.165) is 54.3 Å². The summed E-state index contributed by atoms with van der Waals surface area (Å²) in [7, 11) is 2.13. The molecule has 6 heteroatoms. The minimum Gasteiger partial charge on any atom is -0.460 e. The summed E-state index contributed by atoms with van der Waals surface area (Å²) in [5.41, 5.74) is 9.37. The summed E-state index contributed by atoms with van der Waals surface area (Å²) in [6.45, 7) is 5.74. The fraction of sp³-hybridized carbons (Fsp3) is 0.300. The average molecular weight is 350 g/mol. The Labute approximate surface area is 152 Å². The van der Waals surface area contributed by atoms with Gasteiger partial charge in [0, 0.05) is 38.1 Å². The predicted octanol–water partition coefficient (Wildman–Crippen LogP) is 2.65. The van der Waals surface area contributed by atoms with Crippen LogP contribution in [0.25, 0.3) is 22.2 Å². The number of hydrogen-bond donors (Lipinski definition) is 1. The van der Waals surface area contributed by atoms with Crippen molar-refractivity contribution in [1.29, 1.82) is 0 Å². The van der Waals surface area contributed by atoms with Crippen molar-refractivity contribution >= 4 is 22.6 Å². The standard InChI is InChI=1S/C20H22N4O2/c1-13-17(15-5-3-4-8-22-15)18-16(24-11-9-23(2)10-12-24)7-6-14(20(21)25)19(18)26-13/h3-8H,9-12H2,1-2H3,(H2,21,25). The van der Waals surface area contributed by atoms with Crippen molar-refractivity contribution < 1.29 is 9.21 Å². The maximum Gasteiger partial charge on any atom is 0.252 e. The van der Waals surface area contributed by atoms with E-state index >= 15 is 0 Å². The number of nitrogens with two attached hydrogens (primary N) is 1. The van der Waals surface area contributed by atoms with Gasteiger partial charge in [0.15, 0.2) is 0 Å². The molecule has 0 radical (unpaired) electrons. The number of nitrogens with zero attached hydrogens (tertiary/aromatic N) is 3. The molecule has 3 aromatic rings. The van der Waals surface area contributed by atoms with E-state index < -0.39 is 5.91 Å². The fourth-order valence-electron chi connectivity index (χ4n) is 3.62. The Kier molecular flexibility index (Phi) is 4.12. The number of likely N-dealkylation sites (N-methyl/N-ethyl adjacent to an activating group) is 1. The van der Waals surface area contributed by atoms with Crippen molar-refractivity contribution in [2.75, 3.05) is 38.1 Å². The van der Waals surface area contributed by atoms with Gasteiger partial charge in [0.25, 0.3) is 5.91 Å². The first-order valence-electron chi connectivity index (χ1n) is 8.77. The molecule has 3 heterocycles. The summed E-state index contributed by atoms with van der Waals surface area (Å²) in [6, 6.07) is 9.55. The summed E-state index contributed by atoms with van der Waals surface area (Å²) in [5, 5.41) is 0.919. The molecule has 2 aromatic heterocycles. The number of carbonyl (C=O) groups is 1. The number of benzene rings is 1. The summed E-state index contributed by atoms with van der Waals surface area (Å²) in [6.07, 6.45) is 1.76. The van der Waals surface area contributed by atoms with Crippen molar-refractivity contribution in [3.8, 4) is 11.3 Å². The SMILES string of the molecule is Cc1oc2c(C(N)=O)ccc(N3CCN(C)CC3)c2c1-c1ccccn1. The highest BCUT2D eigenvalue weighted by atomic mass is 16.3. The molecule has 1 aromatic carbocycles. The molecular formula is C20H22N4O2. The van der Waals surface area contributed by atoms with Crippen molar-refractivity contribution in [3.63, 3.8) is 0 Å². The molecule has 6 nitrogen and oxygen atoms in total. The number of aromatic nitrogens is 1. The van der Waals surface area contributed by atoms with Gasteiger partial charge in [-0.3, -0.25) is 9.78 Å². The number of piperazine rings is 1. The van der Waals surface area contributed by atoms with Crippen molar-refractivity contribution in [2.45, 2.75) is 6.92 Å². The van der Waals surface area contributed by atoms with E-state index in [1.807, 2.05) is 31.2 Å². The van der Waals surface area contributed by atoms with E-state index in [-0.39, 0.29) is 0 Å². The van der Waals surface area contributed by atoms with Crippen LogP contribution < -0.4 is 10.6 Å². The number of pyridine rings is 1. The topological polar surface area (TPSA) is 75.6 Å². The molecule has 134 valence electrons. The van der Waals surface area contributed by atoms with Gasteiger partial charge in [-0.1, -0.05) is 6.07 Å². The van der Waals surface area contributed by atoms with Crippen molar-refractivity contribution in [1.82, 2.24) is 9.88 Å². The Hall–Kier alpha value is -2.86. The van der Waals surface area contributed by atoms with Crippen LogP contribution in [0.5, 0.6) is 0 Å². The van der Waals surface area contributed by atoms with E-state index in [9.17, 15) is 4.79 Å². The normalized spacial score (nSPS) is 15.5. The first-order chi connectivity index (χ1) is 12.6. The molecule has 2 N–H and O–H groups in total. The van der Waals surface area contributed by atoms with Gasteiger partial charge in [-0.25, -0.2) is 0 Å². The van der Waals surface area contributed by atoms with Crippen LogP contribution in [-0.2, 0) is 0 Å². The fourth-order valence-corrected chi connectivity index (χ4v) is 3.62. The first-order valence-corrected chi connectivity index (χ1v) is 8.77.